The van der Waals surface area contributed by atoms with Crippen LogP contribution in [0.1, 0.15) is 15.9 Å². The van der Waals surface area contributed by atoms with Crippen LogP contribution in [0.25, 0.3) is 21.6 Å². The summed E-state index contributed by atoms with van der Waals surface area (Å²) >= 11 is 6.82. The number of thiazole rings is 1. The number of benzene rings is 2. The molecule has 2 aromatic carbocycles. The number of hydrogen-bond donors (Lipinski definition) is 1. The monoisotopic (exact) mass is 493 g/mol. The molecule has 0 atom stereocenters. The Morgan fingerprint density at radius 2 is 1.79 bits per heavy atom. The molecular weight excluding hydrogens is 479 g/mol. The van der Waals surface area contributed by atoms with E-state index in [4.69, 9.17) is 21.1 Å². The predicted molar refractivity (Wildman–Crippen MR) is 120 cm³/mol. The average Bonchev–Trinajstić information content (AvgIpc) is 3.19. The molecule has 4 rings (SSSR count). The summed E-state index contributed by atoms with van der Waals surface area (Å²) < 4.78 is 51.5. The summed E-state index contributed by atoms with van der Waals surface area (Å²) in [7, 11) is 2.79. The van der Waals surface area contributed by atoms with Crippen LogP contribution in [0.15, 0.2) is 48.5 Å². The summed E-state index contributed by atoms with van der Waals surface area (Å²) in [6.07, 6.45) is -4.63. The molecule has 11 heteroatoms. The lowest BCUT2D eigenvalue weighted by Crippen LogP contribution is -2.12. The number of nitrogens with zero attached hydrogens (tertiary/aromatic N) is 2. The molecular formula is C22H15ClF3N3O3S. The molecule has 2 aromatic heterocycles. The van der Waals surface area contributed by atoms with Gasteiger partial charge in [0.1, 0.15) is 0 Å². The number of anilines is 1. The fourth-order valence-corrected chi connectivity index (χ4v) is 4.38. The summed E-state index contributed by atoms with van der Waals surface area (Å²) in [6, 6.07) is 12.2. The fraction of sp³-hybridized carbons (Fsp3) is 0.136. The van der Waals surface area contributed by atoms with Gasteiger partial charge in [0.15, 0.2) is 22.3 Å². The standard InChI is InChI=1S/C22H15ClF3N3O3S/c1-31-16-9-12(8-14(23)17(16)32-2)20(30)29-21-28-19-18(33-21)13(22(24,25)26)10-15(27-19)11-6-4-3-5-7-11/h3-10H,1-2H3,(H,27,28,29,30). The van der Waals surface area contributed by atoms with Gasteiger partial charge in [0.2, 0.25) is 0 Å². The number of alkyl halides is 3. The first kappa shape index (κ1) is 22.8. The largest absolute Gasteiger partial charge is 0.493 e. The Kier molecular flexibility index (Phi) is 6.13. The summed E-state index contributed by atoms with van der Waals surface area (Å²) in [6.45, 7) is 0. The molecule has 1 N–H and O–H groups in total. The molecule has 6 nitrogen and oxygen atoms in total. The Labute approximate surface area is 195 Å². The molecule has 2 heterocycles. The topological polar surface area (TPSA) is 73.3 Å². The van der Waals surface area contributed by atoms with E-state index in [1.165, 1.54) is 26.4 Å². The normalized spacial score (nSPS) is 11.5. The molecule has 0 radical (unpaired) electrons. The van der Waals surface area contributed by atoms with Gasteiger partial charge in [-0.3, -0.25) is 10.1 Å². The molecule has 0 unspecified atom stereocenters. The van der Waals surface area contributed by atoms with Gasteiger partial charge in [0.05, 0.1) is 35.2 Å². The zero-order valence-electron chi connectivity index (χ0n) is 17.2. The summed E-state index contributed by atoms with van der Waals surface area (Å²) in [4.78, 5) is 21.1. The van der Waals surface area contributed by atoms with Crippen LogP contribution >= 0.6 is 22.9 Å². The van der Waals surface area contributed by atoms with Crippen molar-refractivity contribution in [1.82, 2.24) is 9.97 Å². The number of methoxy groups -OCH3 is 2. The van der Waals surface area contributed by atoms with Crippen LogP contribution in [0.2, 0.25) is 5.02 Å². The van der Waals surface area contributed by atoms with E-state index in [0.717, 1.165) is 6.07 Å². The molecule has 0 bridgehead atoms. The van der Waals surface area contributed by atoms with E-state index in [1.807, 2.05) is 0 Å². The Hall–Kier alpha value is -3.37. The van der Waals surface area contributed by atoms with Crippen molar-refractivity contribution in [2.24, 2.45) is 0 Å². The highest BCUT2D eigenvalue weighted by Gasteiger charge is 2.35. The van der Waals surface area contributed by atoms with Crippen molar-refractivity contribution < 1.29 is 27.4 Å². The van der Waals surface area contributed by atoms with Crippen LogP contribution in [-0.2, 0) is 6.18 Å². The van der Waals surface area contributed by atoms with Crippen LogP contribution in [0, 0.1) is 0 Å². The van der Waals surface area contributed by atoms with Gasteiger partial charge in [0.25, 0.3) is 5.91 Å². The van der Waals surface area contributed by atoms with Crippen molar-refractivity contribution in [3.63, 3.8) is 0 Å². The number of aromatic nitrogens is 2. The zero-order valence-corrected chi connectivity index (χ0v) is 18.7. The number of carbonyl (C=O) groups excluding carboxylic acids is 1. The second-order valence-corrected chi connectivity index (χ2v) is 8.14. The molecule has 170 valence electrons. The molecule has 0 aliphatic carbocycles. The lowest BCUT2D eigenvalue weighted by Gasteiger charge is -2.11. The highest BCUT2D eigenvalue weighted by atomic mass is 35.5. The first-order valence-electron chi connectivity index (χ1n) is 9.38. The first-order chi connectivity index (χ1) is 15.7. The molecule has 0 saturated heterocycles. The zero-order chi connectivity index (χ0) is 23.8. The van der Waals surface area contributed by atoms with Crippen molar-refractivity contribution in [3.8, 4) is 22.8 Å². The minimum Gasteiger partial charge on any atom is -0.493 e. The van der Waals surface area contributed by atoms with Crippen molar-refractivity contribution in [1.29, 1.82) is 0 Å². The highest BCUT2D eigenvalue weighted by molar-refractivity contribution is 7.22. The molecule has 0 saturated carbocycles. The van der Waals surface area contributed by atoms with Crippen LogP contribution < -0.4 is 14.8 Å². The third kappa shape index (κ3) is 4.57. The first-order valence-corrected chi connectivity index (χ1v) is 10.6. The molecule has 1 amide bonds. The SMILES string of the molecule is COc1cc(C(=O)Nc2nc3nc(-c4ccccc4)cc(C(F)(F)F)c3s2)cc(Cl)c1OC. The van der Waals surface area contributed by atoms with E-state index >= 15 is 0 Å². The highest BCUT2D eigenvalue weighted by Crippen LogP contribution is 2.41. The van der Waals surface area contributed by atoms with Gasteiger partial charge in [-0.25, -0.2) is 4.98 Å². The van der Waals surface area contributed by atoms with Gasteiger partial charge in [-0.1, -0.05) is 53.3 Å². The number of rotatable bonds is 5. The number of fused-ring (bicyclic) bond motifs is 1. The van der Waals surface area contributed by atoms with Crippen LogP contribution in [-0.4, -0.2) is 30.1 Å². The number of hydrogen-bond acceptors (Lipinski definition) is 6. The quantitative estimate of drug-likeness (QED) is 0.353. The van der Waals surface area contributed by atoms with E-state index in [-0.39, 0.29) is 43.3 Å². The predicted octanol–water partition coefficient (Wildman–Crippen LogP) is 6.30. The van der Waals surface area contributed by atoms with Crippen molar-refractivity contribution >= 4 is 44.3 Å². The van der Waals surface area contributed by atoms with E-state index in [0.29, 0.717) is 16.9 Å². The molecule has 0 aliphatic rings. The number of halogens is 4. The summed E-state index contributed by atoms with van der Waals surface area (Å²) in [5.74, 6) is -0.148. The number of nitrogens with one attached hydrogen (secondary N) is 1. The van der Waals surface area contributed by atoms with Crippen LogP contribution in [0.4, 0.5) is 18.3 Å². The second-order valence-electron chi connectivity index (χ2n) is 6.74. The Morgan fingerprint density at radius 1 is 1.06 bits per heavy atom. The van der Waals surface area contributed by atoms with Crippen LogP contribution in [0.3, 0.4) is 0 Å². The average molecular weight is 494 g/mol. The molecule has 33 heavy (non-hydrogen) atoms. The molecule has 0 spiro atoms. The van der Waals surface area contributed by atoms with E-state index in [9.17, 15) is 18.0 Å². The van der Waals surface area contributed by atoms with Crippen molar-refractivity contribution in [3.05, 3.63) is 64.7 Å². The smallest absolute Gasteiger partial charge is 0.417 e. The molecule has 0 aliphatic heterocycles. The number of amides is 1. The van der Waals surface area contributed by atoms with Gasteiger partial charge >= 0.3 is 6.18 Å². The van der Waals surface area contributed by atoms with Crippen molar-refractivity contribution in [2.75, 3.05) is 19.5 Å². The van der Waals surface area contributed by atoms with Crippen molar-refractivity contribution in [2.45, 2.75) is 6.18 Å². The second kappa shape index (κ2) is 8.87. The summed E-state index contributed by atoms with van der Waals surface area (Å²) in [5.41, 5.74) is -0.229. The minimum atomic E-state index is -4.63. The lowest BCUT2D eigenvalue weighted by molar-refractivity contribution is -0.136. The Morgan fingerprint density at radius 3 is 2.42 bits per heavy atom. The third-order valence-electron chi connectivity index (χ3n) is 4.65. The van der Waals surface area contributed by atoms with Gasteiger partial charge in [-0.2, -0.15) is 18.2 Å². The third-order valence-corrected chi connectivity index (χ3v) is 5.93. The van der Waals surface area contributed by atoms with E-state index in [2.05, 4.69) is 15.3 Å². The molecule has 0 fully saturated rings. The number of ether oxygens (including phenoxy) is 2. The maximum atomic E-state index is 13.8. The van der Waals surface area contributed by atoms with Gasteiger partial charge in [0, 0.05) is 11.1 Å². The van der Waals surface area contributed by atoms with Gasteiger partial charge in [-0.15, -0.1) is 0 Å². The maximum absolute atomic E-state index is 13.8. The Balaban J connectivity index is 1.74. The van der Waals surface area contributed by atoms with E-state index < -0.39 is 17.6 Å². The van der Waals surface area contributed by atoms with Gasteiger partial charge in [-0.05, 0) is 18.2 Å². The Bertz CT molecular complexity index is 1340. The van der Waals surface area contributed by atoms with E-state index in [1.54, 1.807) is 30.3 Å². The van der Waals surface area contributed by atoms with Crippen LogP contribution in [0.5, 0.6) is 11.5 Å². The molecule has 4 aromatic rings. The van der Waals surface area contributed by atoms with Gasteiger partial charge < -0.3 is 9.47 Å². The summed E-state index contributed by atoms with van der Waals surface area (Å²) in [5, 5.41) is 2.61. The fourth-order valence-electron chi connectivity index (χ4n) is 3.15. The lowest BCUT2D eigenvalue weighted by atomic mass is 10.1. The number of carbonyl (C=O) groups is 1. The minimum absolute atomic E-state index is 0.0379. The maximum Gasteiger partial charge on any atom is 0.417 e. The number of pyridine rings is 1.